The first-order valence-corrected chi connectivity index (χ1v) is 13.0. The number of hydrogen-bond acceptors (Lipinski definition) is 9. The van der Waals surface area contributed by atoms with Crippen LogP contribution in [0.4, 0.5) is 16.3 Å². The molecule has 1 aromatic carbocycles. The van der Waals surface area contributed by atoms with Crippen LogP contribution in [0.2, 0.25) is 0 Å². The molecule has 2 N–H and O–H groups in total. The monoisotopic (exact) mass is 520 g/mol. The molecule has 2 heterocycles. The molecule has 0 saturated carbocycles. The maximum absolute atomic E-state index is 13.3. The molecule has 1 aromatic heterocycles. The van der Waals surface area contributed by atoms with Gasteiger partial charge in [-0.1, -0.05) is 24.3 Å². The van der Waals surface area contributed by atoms with Crippen LogP contribution >= 0.6 is 0 Å². The summed E-state index contributed by atoms with van der Waals surface area (Å²) in [5.41, 5.74) is 8.19. The minimum Gasteiger partial charge on any atom is -0.468 e. The van der Waals surface area contributed by atoms with Crippen molar-refractivity contribution < 1.29 is 19.1 Å². The van der Waals surface area contributed by atoms with Gasteiger partial charge in [0, 0.05) is 26.1 Å². The van der Waals surface area contributed by atoms with Gasteiger partial charge in [-0.15, -0.1) is 0 Å². The molecule has 0 spiro atoms. The topological polar surface area (TPSA) is 135 Å². The Balaban J connectivity index is 1.63. The van der Waals surface area contributed by atoms with Crippen LogP contribution in [0, 0.1) is 11.3 Å². The molecule has 1 saturated heterocycles. The zero-order valence-electron chi connectivity index (χ0n) is 22.6. The summed E-state index contributed by atoms with van der Waals surface area (Å²) in [7, 11) is 1.41. The fraction of sp³-hybridized carbons (Fsp3) is 0.536. The van der Waals surface area contributed by atoms with E-state index in [1.54, 1.807) is 4.90 Å². The molecule has 1 aliphatic heterocycles. The second-order valence-electron chi connectivity index (χ2n) is 11.0. The van der Waals surface area contributed by atoms with Crippen molar-refractivity contribution in [2.75, 3.05) is 37.4 Å². The summed E-state index contributed by atoms with van der Waals surface area (Å²) in [6.45, 7) is 6.64. The lowest BCUT2D eigenvalue weighted by atomic mass is 9.67. The second-order valence-corrected chi connectivity index (χ2v) is 11.0. The number of nitrogens with two attached hydrogens (primary N) is 1. The van der Waals surface area contributed by atoms with Crippen LogP contribution in [0.5, 0.6) is 0 Å². The van der Waals surface area contributed by atoms with Crippen molar-refractivity contribution in [1.82, 2.24) is 14.9 Å². The summed E-state index contributed by atoms with van der Waals surface area (Å²) in [5, 5.41) is 9.43. The number of aromatic nitrogens is 2. The average molecular weight is 521 g/mol. The third-order valence-corrected chi connectivity index (χ3v) is 7.31. The number of rotatable bonds is 5. The molecule has 38 heavy (non-hydrogen) atoms. The quantitative estimate of drug-likeness (QED) is 0.589. The minimum absolute atomic E-state index is 0.149. The number of carbonyl (C=O) groups is 2. The maximum Gasteiger partial charge on any atom is 0.410 e. The first kappa shape index (κ1) is 27.2. The summed E-state index contributed by atoms with van der Waals surface area (Å²) in [5.74, 6) is 0.232. The molecular weight excluding hydrogens is 484 g/mol. The van der Waals surface area contributed by atoms with Crippen molar-refractivity contribution in [3.8, 4) is 6.07 Å². The third kappa shape index (κ3) is 5.37. The standard InChI is InChI=1S/C28H36N6O4/c1-27(2,3)38-26(36)34-15-14-33(17-20(34)11-13-29)24-23(30)22(31-18-32-24)16-28(25(35)37-4)12-7-9-19-8-5-6-10-21(19)28/h5-6,8,10,18,20H,7,9,11-12,14-17,30H2,1-4H3/t20-,28?/m0/s1. The minimum atomic E-state index is -0.887. The lowest BCUT2D eigenvalue weighted by molar-refractivity contribution is -0.148. The molecule has 2 aliphatic rings. The number of fused-ring (bicyclic) bond motifs is 1. The van der Waals surface area contributed by atoms with E-state index in [-0.39, 0.29) is 24.9 Å². The van der Waals surface area contributed by atoms with Gasteiger partial charge in [0.25, 0.3) is 0 Å². The zero-order chi connectivity index (χ0) is 27.5. The number of aryl methyl sites for hydroxylation is 1. The van der Waals surface area contributed by atoms with Crippen LogP contribution in [0.25, 0.3) is 0 Å². The predicted octanol–water partition coefficient (Wildman–Crippen LogP) is 3.39. The number of ether oxygens (including phenoxy) is 2. The fourth-order valence-corrected chi connectivity index (χ4v) is 5.57. The normalized spacial score (nSPS) is 21.3. The number of methoxy groups -OCH3 is 1. The number of esters is 1. The number of nitrogens with zero attached hydrogens (tertiary/aromatic N) is 5. The van der Waals surface area contributed by atoms with Gasteiger partial charge in [0.15, 0.2) is 5.82 Å². The van der Waals surface area contributed by atoms with E-state index >= 15 is 0 Å². The molecule has 10 heteroatoms. The highest BCUT2D eigenvalue weighted by Crippen LogP contribution is 2.42. The van der Waals surface area contributed by atoms with Crippen molar-refractivity contribution in [3.05, 3.63) is 47.4 Å². The van der Waals surface area contributed by atoms with Gasteiger partial charge in [-0.05, 0) is 51.2 Å². The SMILES string of the molecule is COC(=O)C1(Cc2ncnc(N3CCN(C(=O)OC(C)(C)C)[C@@H](CC#N)C3)c2N)CCCc2ccccc21. The highest BCUT2D eigenvalue weighted by molar-refractivity contribution is 5.85. The summed E-state index contributed by atoms with van der Waals surface area (Å²) >= 11 is 0. The Hall–Kier alpha value is -3.87. The Morgan fingerprint density at radius 3 is 2.71 bits per heavy atom. The highest BCUT2D eigenvalue weighted by atomic mass is 16.6. The van der Waals surface area contributed by atoms with Gasteiger partial charge >= 0.3 is 12.1 Å². The summed E-state index contributed by atoms with van der Waals surface area (Å²) in [4.78, 5) is 38.6. The fourth-order valence-electron chi connectivity index (χ4n) is 5.57. The van der Waals surface area contributed by atoms with Gasteiger partial charge in [0.2, 0.25) is 0 Å². The van der Waals surface area contributed by atoms with E-state index in [4.69, 9.17) is 15.2 Å². The smallest absolute Gasteiger partial charge is 0.410 e. The molecule has 2 aromatic rings. The van der Waals surface area contributed by atoms with Gasteiger partial charge in [-0.25, -0.2) is 14.8 Å². The van der Waals surface area contributed by atoms with Gasteiger partial charge in [-0.3, -0.25) is 4.79 Å². The molecule has 1 amide bonds. The van der Waals surface area contributed by atoms with Crippen molar-refractivity contribution in [1.29, 1.82) is 5.26 Å². The van der Waals surface area contributed by atoms with E-state index in [9.17, 15) is 14.9 Å². The molecule has 4 rings (SSSR count). The van der Waals surface area contributed by atoms with Crippen molar-refractivity contribution in [2.45, 2.75) is 69.9 Å². The first-order chi connectivity index (χ1) is 18.1. The predicted molar refractivity (Wildman–Crippen MR) is 142 cm³/mol. The number of hydrogen-bond donors (Lipinski definition) is 1. The van der Waals surface area contributed by atoms with Crippen LogP contribution in [0.1, 0.15) is 56.9 Å². The van der Waals surface area contributed by atoms with E-state index < -0.39 is 17.1 Å². The van der Waals surface area contributed by atoms with Gasteiger partial charge in [0.1, 0.15) is 11.9 Å². The molecular formula is C28H36N6O4. The zero-order valence-corrected chi connectivity index (χ0v) is 22.6. The molecule has 10 nitrogen and oxygen atoms in total. The van der Waals surface area contributed by atoms with Crippen LogP contribution in [0.3, 0.4) is 0 Å². The number of anilines is 2. The lowest BCUT2D eigenvalue weighted by Crippen LogP contribution is -2.56. The first-order valence-electron chi connectivity index (χ1n) is 13.0. The maximum atomic E-state index is 13.3. The largest absolute Gasteiger partial charge is 0.468 e. The van der Waals surface area contributed by atoms with Crippen molar-refractivity contribution in [2.24, 2.45) is 0 Å². The van der Waals surface area contributed by atoms with Crippen molar-refractivity contribution in [3.63, 3.8) is 0 Å². The molecule has 2 atom stereocenters. The van der Waals surface area contributed by atoms with Crippen LogP contribution in [-0.4, -0.2) is 65.3 Å². The molecule has 0 bridgehead atoms. The Kier molecular flexibility index (Phi) is 7.76. The van der Waals surface area contributed by atoms with Gasteiger partial charge in [0.05, 0.1) is 42.4 Å². The van der Waals surface area contributed by atoms with Crippen molar-refractivity contribution >= 4 is 23.6 Å². The van der Waals surface area contributed by atoms with E-state index in [2.05, 4.69) is 22.1 Å². The lowest BCUT2D eigenvalue weighted by Gasteiger charge is -2.41. The number of carbonyl (C=O) groups excluding carboxylic acids is 2. The number of benzene rings is 1. The second kappa shape index (κ2) is 10.9. The van der Waals surface area contributed by atoms with Crippen LogP contribution < -0.4 is 10.6 Å². The number of nitrogen functional groups attached to an aromatic ring is 1. The van der Waals surface area contributed by atoms with E-state index in [0.717, 1.165) is 24.0 Å². The van der Waals surface area contributed by atoms with Gasteiger partial charge < -0.3 is 25.0 Å². The average Bonchev–Trinajstić information content (AvgIpc) is 2.88. The number of amides is 1. The Morgan fingerprint density at radius 2 is 2.00 bits per heavy atom. The van der Waals surface area contributed by atoms with E-state index in [0.29, 0.717) is 43.3 Å². The summed E-state index contributed by atoms with van der Waals surface area (Å²) in [6.07, 6.45) is 3.85. The Bertz CT molecular complexity index is 1240. The number of nitriles is 1. The Labute approximate surface area is 223 Å². The Morgan fingerprint density at radius 1 is 1.24 bits per heavy atom. The van der Waals surface area contributed by atoms with E-state index in [1.165, 1.54) is 13.4 Å². The molecule has 202 valence electrons. The molecule has 1 aliphatic carbocycles. The van der Waals surface area contributed by atoms with Crippen LogP contribution in [0.15, 0.2) is 30.6 Å². The van der Waals surface area contributed by atoms with Crippen LogP contribution in [-0.2, 0) is 32.5 Å². The molecule has 1 fully saturated rings. The number of piperazine rings is 1. The molecule has 1 unspecified atom stereocenters. The van der Waals surface area contributed by atoms with E-state index in [1.807, 2.05) is 43.9 Å². The summed E-state index contributed by atoms with van der Waals surface area (Å²) < 4.78 is 10.9. The van der Waals surface area contributed by atoms with Gasteiger partial charge in [-0.2, -0.15) is 5.26 Å². The third-order valence-electron chi connectivity index (χ3n) is 7.31. The molecule has 0 radical (unpaired) electrons. The highest BCUT2D eigenvalue weighted by Gasteiger charge is 2.45. The summed E-state index contributed by atoms with van der Waals surface area (Å²) in [6, 6.07) is 9.77.